The minimum absolute atomic E-state index is 0.213. The minimum atomic E-state index is -0.380. The average molecular weight is 552 g/mol. The van der Waals surface area contributed by atoms with E-state index >= 15 is 0 Å². The first kappa shape index (κ1) is 28.1. The number of nitrogens with one attached hydrogen (secondary N) is 1. The molecule has 1 aliphatic rings. The molecule has 1 saturated carbocycles. The van der Waals surface area contributed by atoms with E-state index in [0.29, 0.717) is 35.9 Å². The number of carbonyl (C=O) groups excluding carboxylic acids is 2. The molecule has 0 spiro atoms. The Labute approximate surface area is 241 Å². The Morgan fingerprint density at radius 2 is 1.76 bits per heavy atom. The third-order valence-corrected chi connectivity index (χ3v) is 7.30. The van der Waals surface area contributed by atoms with Gasteiger partial charge in [0.25, 0.3) is 0 Å². The molecule has 4 aromatic rings. The monoisotopic (exact) mass is 551 g/mol. The van der Waals surface area contributed by atoms with Gasteiger partial charge in [-0.15, -0.1) is 0 Å². The number of nitrogens with zero attached hydrogens (tertiary/aromatic N) is 2. The molecule has 7 heteroatoms. The van der Waals surface area contributed by atoms with Crippen molar-refractivity contribution >= 4 is 17.6 Å². The summed E-state index contributed by atoms with van der Waals surface area (Å²) < 4.78 is 13.2. The zero-order valence-corrected chi connectivity index (χ0v) is 23.8. The molecule has 212 valence electrons. The molecule has 0 amide bonds. The lowest BCUT2D eigenvalue weighted by Gasteiger charge is -2.17. The first-order valence-electron chi connectivity index (χ1n) is 14.4. The number of aromatic nitrogens is 2. The second-order valence-electron chi connectivity index (χ2n) is 10.6. The molecule has 1 fully saturated rings. The predicted molar refractivity (Wildman–Crippen MR) is 159 cm³/mol. The van der Waals surface area contributed by atoms with Gasteiger partial charge in [-0.1, -0.05) is 55.8 Å². The van der Waals surface area contributed by atoms with Crippen molar-refractivity contribution in [2.75, 3.05) is 11.9 Å². The number of rotatable bonds is 13. The molecule has 0 bridgehead atoms. The van der Waals surface area contributed by atoms with Gasteiger partial charge in [0.2, 0.25) is 0 Å². The van der Waals surface area contributed by atoms with Crippen molar-refractivity contribution in [1.29, 1.82) is 0 Å². The molecular weight excluding hydrogens is 514 g/mol. The van der Waals surface area contributed by atoms with Crippen molar-refractivity contribution in [2.24, 2.45) is 5.92 Å². The molecule has 41 heavy (non-hydrogen) atoms. The summed E-state index contributed by atoms with van der Waals surface area (Å²) in [5.41, 5.74) is 5.56. The highest BCUT2D eigenvalue weighted by Gasteiger charge is 2.24. The normalized spacial score (nSPS) is 12.6. The summed E-state index contributed by atoms with van der Waals surface area (Å²) in [6, 6.07) is 22.7. The minimum Gasteiger partial charge on any atom is -0.462 e. The van der Waals surface area contributed by atoms with E-state index in [1.54, 1.807) is 6.07 Å². The molecule has 1 N–H and O–H groups in total. The van der Waals surface area contributed by atoms with Crippen LogP contribution in [0, 0.1) is 12.8 Å². The summed E-state index contributed by atoms with van der Waals surface area (Å²) in [6.07, 6.45) is 7.08. The molecule has 5 rings (SSSR count). The van der Waals surface area contributed by atoms with E-state index in [0.717, 1.165) is 60.4 Å². The number of hydrogen-bond acceptors (Lipinski definition) is 6. The maximum absolute atomic E-state index is 13.0. The van der Waals surface area contributed by atoms with Crippen LogP contribution in [0.1, 0.15) is 76.0 Å². The van der Waals surface area contributed by atoms with Crippen LogP contribution in [-0.2, 0) is 29.0 Å². The Bertz CT molecular complexity index is 1490. The number of anilines is 1. The molecule has 0 unspecified atom stereocenters. The third kappa shape index (κ3) is 7.23. The van der Waals surface area contributed by atoms with Gasteiger partial charge in [0, 0.05) is 12.1 Å². The van der Waals surface area contributed by atoms with Crippen molar-refractivity contribution in [2.45, 2.75) is 59.1 Å². The van der Waals surface area contributed by atoms with Crippen LogP contribution in [-0.4, -0.2) is 28.1 Å². The van der Waals surface area contributed by atoms with Crippen LogP contribution in [0.25, 0.3) is 5.69 Å². The largest absolute Gasteiger partial charge is 0.462 e. The van der Waals surface area contributed by atoms with Crippen molar-refractivity contribution < 1.29 is 19.1 Å². The maximum Gasteiger partial charge on any atom is 0.340 e. The van der Waals surface area contributed by atoms with Gasteiger partial charge in [-0.25, -0.2) is 14.6 Å². The number of unbranched alkanes of at least 4 members (excludes halogenated alkanes) is 1. The molecular formula is C34H37N3O4. The Kier molecular flexibility index (Phi) is 9.14. The van der Waals surface area contributed by atoms with Crippen LogP contribution in [0.5, 0.6) is 0 Å². The first-order chi connectivity index (χ1) is 20.0. The summed E-state index contributed by atoms with van der Waals surface area (Å²) in [6.45, 7) is 5.33. The fourth-order valence-electron chi connectivity index (χ4n) is 4.76. The summed E-state index contributed by atoms with van der Waals surface area (Å²) in [7, 11) is 0. The van der Waals surface area contributed by atoms with Crippen molar-refractivity contribution in [3.05, 3.63) is 113 Å². The average Bonchev–Trinajstić information content (AvgIpc) is 3.75. The van der Waals surface area contributed by atoms with Crippen LogP contribution in [0.2, 0.25) is 0 Å². The Balaban J connectivity index is 1.34. The summed E-state index contributed by atoms with van der Waals surface area (Å²) >= 11 is 0. The van der Waals surface area contributed by atoms with Crippen LogP contribution in [0.3, 0.4) is 0 Å². The van der Waals surface area contributed by atoms with E-state index in [1.807, 2.05) is 79.9 Å². The Morgan fingerprint density at radius 1 is 0.976 bits per heavy atom. The van der Waals surface area contributed by atoms with Gasteiger partial charge in [0.1, 0.15) is 12.4 Å². The number of para-hydroxylation sites is 1. The molecule has 7 nitrogen and oxygen atoms in total. The zero-order valence-electron chi connectivity index (χ0n) is 23.8. The molecule has 0 aliphatic heterocycles. The van der Waals surface area contributed by atoms with Gasteiger partial charge in [-0.3, -0.25) is 4.57 Å². The zero-order chi connectivity index (χ0) is 28.6. The number of benzene rings is 3. The van der Waals surface area contributed by atoms with E-state index in [2.05, 4.69) is 16.8 Å². The number of carbonyl (C=O) groups is 2. The van der Waals surface area contributed by atoms with Gasteiger partial charge in [-0.2, -0.15) is 0 Å². The molecule has 3 aromatic carbocycles. The van der Waals surface area contributed by atoms with Gasteiger partial charge in [-0.05, 0) is 73.6 Å². The number of esters is 2. The van der Waals surface area contributed by atoms with E-state index < -0.39 is 0 Å². The number of hydrogen-bond donors (Lipinski definition) is 1. The van der Waals surface area contributed by atoms with Gasteiger partial charge >= 0.3 is 11.9 Å². The topological polar surface area (TPSA) is 82.5 Å². The second-order valence-corrected chi connectivity index (χ2v) is 10.6. The first-order valence-corrected chi connectivity index (χ1v) is 14.4. The number of imidazole rings is 1. The van der Waals surface area contributed by atoms with E-state index in [-0.39, 0.29) is 18.5 Å². The van der Waals surface area contributed by atoms with Crippen LogP contribution in [0.4, 0.5) is 5.69 Å². The second kappa shape index (κ2) is 13.3. The van der Waals surface area contributed by atoms with E-state index in [9.17, 15) is 9.59 Å². The standard InChI is InChI=1S/C34H37N3O4/c1-3-4-14-32-36-21-28(37(32)31-18-17-27(19-24(31)2)33(38)40-23-26-15-16-26)20-35-30-13-9-8-12-29(30)34(39)41-22-25-10-6-5-7-11-25/h5-13,17-19,21,26,35H,3-4,14-16,20,22-23H2,1-2H3. The van der Waals surface area contributed by atoms with Crippen LogP contribution in [0.15, 0.2) is 79.0 Å². The molecule has 0 radical (unpaired) electrons. The lowest BCUT2D eigenvalue weighted by atomic mass is 10.1. The highest BCUT2D eigenvalue weighted by Crippen LogP contribution is 2.29. The molecule has 1 aliphatic carbocycles. The van der Waals surface area contributed by atoms with Crippen molar-refractivity contribution in [1.82, 2.24) is 9.55 Å². The lowest BCUT2D eigenvalue weighted by Crippen LogP contribution is -2.14. The predicted octanol–water partition coefficient (Wildman–Crippen LogP) is 7.06. The molecule has 0 atom stereocenters. The van der Waals surface area contributed by atoms with Crippen molar-refractivity contribution in [3.63, 3.8) is 0 Å². The highest BCUT2D eigenvalue weighted by molar-refractivity contribution is 5.95. The maximum atomic E-state index is 13.0. The molecule has 1 heterocycles. The quantitative estimate of drug-likeness (QED) is 0.179. The van der Waals surface area contributed by atoms with Gasteiger partial charge in [0.15, 0.2) is 0 Å². The number of aryl methyl sites for hydroxylation is 2. The van der Waals surface area contributed by atoms with Gasteiger partial charge < -0.3 is 14.8 Å². The number of ether oxygens (including phenoxy) is 2. The van der Waals surface area contributed by atoms with E-state index in [1.165, 1.54) is 0 Å². The van der Waals surface area contributed by atoms with Crippen LogP contribution >= 0.6 is 0 Å². The van der Waals surface area contributed by atoms with Gasteiger partial charge in [0.05, 0.1) is 41.9 Å². The third-order valence-electron chi connectivity index (χ3n) is 7.30. The highest BCUT2D eigenvalue weighted by atomic mass is 16.5. The molecule has 1 aromatic heterocycles. The summed E-state index contributed by atoms with van der Waals surface area (Å²) in [5, 5.41) is 3.43. The summed E-state index contributed by atoms with van der Waals surface area (Å²) in [5.74, 6) is 0.832. The smallest absolute Gasteiger partial charge is 0.340 e. The Morgan fingerprint density at radius 3 is 2.51 bits per heavy atom. The fraction of sp³-hybridized carbons (Fsp3) is 0.324. The van der Waals surface area contributed by atoms with Crippen molar-refractivity contribution in [3.8, 4) is 5.69 Å². The summed E-state index contributed by atoms with van der Waals surface area (Å²) in [4.78, 5) is 30.3. The molecule has 0 saturated heterocycles. The lowest BCUT2D eigenvalue weighted by molar-refractivity contribution is 0.0469. The van der Waals surface area contributed by atoms with E-state index in [4.69, 9.17) is 14.5 Å². The Hall–Kier alpha value is -4.39. The SMILES string of the molecule is CCCCc1ncc(CNc2ccccc2C(=O)OCc2ccccc2)n1-c1ccc(C(=O)OCC2CC2)cc1C. The van der Waals surface area contributed by atoms with Crippen LogP contribution < -0.4 is 5.32 Å². The fourth-order valence-corrected chi connectivity index (χ4v) is 4.76.